The molecule has 2 aromatic rings. The maximum absolute atomic E-state index is 13.4. The number of alkyl halides is 1. The van der Waals surface area contributed by atoms with Crippen molar-refractivity contribution in [2.45, 2.75) is 166 Å². The second-order valence-corrected chi connectivity index (χ2v) is 14.9. The van der Waals surface area contributed by atoms with Gasteiger partial charge in [0.05, 0.1) is 25.4 Å². The van der Waals surface area contributed by atoms with Crippen molar-refractivity contribution in [3.05, 3.63) is 75.6 Å². The number of nitrogens with one attached hydrogen (secondary N) is 2. The lowest BCUT2D eigenvalue weighted by Gasteiger charge is -2.14. The minimum Gasteiger partial charge on any atom is -0.481 e. The largest absolute Gasteiger partial charge is 0.481 e. The molecule has 0 saturated carbocycles. The number of aliphatic carboxylic acids is 3. The van der Waals surface area contributed by atoms with Crippen LogP contribution in [0.5, 0.6) is 0 Å². The molecule has 0 bridgehead atoms. The number of aromatic amines is 2. The van der Waals surface area contributed by atoms with E-state index in [1.165, 1.54) is 74.7 Å². The number of carbonyl (C=O) groups is 3. The Morgan fingerprint density at radius 3 is 1.63 bits per heavy atom. The normalized spacial score (nSPS) is 20.6. The van der Waals surface area contributed by atoms with Crippen LogP contribution in [0.3, 0.4) is 0 Å². The molecule has 2 aromatic heterocycles. The molecule has 0 spiro atoms. The Labute approximate surface area is 356 Å². The number of aryl methyl sites for hydroxylation is 2. The van der Waals surface area contributed by atoms with Gasteiger partial charge in [-0.3, -0.25) is 43.1 Å². The number of carboxylic acids is 3. The number of aliphatic hydroxyl groups is 2. The number of carboxylic acid groups (broad SMARTS) is 3. The standard InChI is InChI=1S/C14H28O2.C10H13FN2O4.C10H13N5O4.C5H9NO4/c1-2-3-4-5-6-7-8-9-10-11-12-13-14(15)16;1-5-3-13(10(16)12-9(5)15)8-2-6(11)7(4-14)17-8;1-5-3-15(10(18)12-9(5)17)8-2-6(13-14-11)7(4-16)19-8;6-3(5(9)10)1-2-4(7)8/h2-13H2,1H3,(H,15,16);3,6-8,14H,2,4H2,1H3,(H,12,15,16);3,6-8,16H,2,4H2,1H3,(H,12,17,18);3H,1-2,6H2,(H,7,8)(H,9,10)/t;2*6-,7+,8+;/m.00./s1. The highest BCUT2D eigenvalue weighted by molar-refractivity contribution is 5.74. The Bertz CT molecular complexity index is 1960. The van der Waals surface area contributed by atoms with Gasteiger partial charge in [0.2, 0.25) is 0 Å². The first-order valence-electron chi connectivity index (χ1n) is 20.7. The first kappa shape index (κ1) is 54.8. The van der Waals surface area contributed by atoms with E-state index in [2.05, 4.69) is 26.9 Å². The van der Waals surface area contributed by atoms with E-state index in [9.17, 15) is 38.0 Å². The average molecular weight is 887 g/mol. The fourth-order valence-corrected chi connectivity index (χ4v) is 6.20. The maximum Gasteiger partial charge on any atom is 0.330 e. The topological polar surface area (TPSA) is 355 Å². The number of rotatable bonds is 21. The van der Waals surface area contributed by atoms with E-state index in [0.717, 1.165) is 17.4 Å². The lowest BCUT2D eigenvalue weighted by Crippen LogP contribution is -2.33. The van der Waals surface area contributed by atoms with E-state index >= 15 is 0 Å². The van der Waals surface area contributed by atoms with Crippen LogP contribution in [0.15, 0.2) is 36.7 Å². The zero-order valence-corrected chi connectivity index (χ0v) is 35.5. The quantitative estimate of drug-likeness (QED) is 0.0386. The fraction of sp³-hybridized carbons (Fsp3) is 0.718. The highest BCUT2D eigenvalue weighted by Gasteiger charge is 2.37. The van der Waals surface area contributed by atoms with E-state index in [4.69, 9.17) is 46.3 Å². The number of hydrogen-bond donors (Lipinski definition) is 8. The Hall–Kier alpha value is -5.19. The minimum atomic E-state index is -1.32. The van der Waals surface area contributed by atoms with Crippen LogP contribution in [0, 0.1) is 13.8 Å². The summed E-state index contributed by atoms with van der Waals surface area (Å²) in [6.07, 6.45) is 12.8. The molecule has 62 heavy (non-hydrogen) atoms. The summed E-state index contributed by atoms with van der Waals surface area (Å²) >= 11 is 0. The van der Waals surface area contributed by atoms with Crippen molar-refractivity contribution in [2.75, 3.05) is 13.2 Å². The molecule has 9 N–H and O–H groups in total. The Balaban J connectivity index is 0.000000423. The Kier molecular flexibility index (Phi) is 26.5. The first-order valence-corrected chi connectivity index (χ1v) is 20.7. The molecule has 7 atom stereocenters. The third-order valence-corrected chi connectivity index (χ3v) is 9.82. The van der Waals surface area contributed by atoms with Crippen LogP contribution < -0.4 is 28.2 Å². The molecule has 1 unspecified atom stereocenters. The minimum absolute atomic E-state index is 0.0172. The van der Waals surface area contributed by atoms with Gasteiger partial charge in [-0.05, 0) is 32.2 Å². The van der Waals surface area contributed by atoms with Crippen LogP contribution >= 0.6 is 0 Å². The van der Waals surface area contributed by atoms with Crippen LogP contribution in [-0.4, -0.2) is 106 Å². The molecule has 2 aliphatic heterocycles. The van der Waals surface area contributed by atoms with Crippen molar-refractivity contribution < 1.29 is 53.8 Å². The summed E-state index contributed by atoms with van der Waals surface area (Å²) in [6.45, 7) is 4.61. The van der Waals surface area contributed by atoms with Crippen molar-refractivity contribution in [2.24, 2.45) is 10.8 Å². The first-order chi connectivity index (χ1) is 29.4. The van der Waals surface area contributed by atoms with Gasteiger partial charge in [-0.15, -0.1) is 0 Å². The number of ether oxygens (including phenoxy) is 2. The highest BCUT2D eigenvalue weighted by atomic mass is 19.1. The monoisotopic (exact) mass is 886 g/mol. The summed E-state index contributed by atoms with van der Waals surface area (Å²) in [4.78, 5) is 82.8. The zero-order valence-electron chi connectivity index (χ0n) is 35.5. The molecular weight excluding hydrogens is 823 g/mol. The molecule has 350 valence electrons. The Morgan fingerprint density at radius 1 is 0.790 bits per heavy atom. The predicted octanol–water partition coefficient (Wildman–Crippen LogP) is 3.30. The molecule has 0 aromatic carbocycles. The molecule has 4 rings (SSSR count). The third kappa shape index (κ3) is 20.6. The van der Waals surface area contributed by atoms with Crippen LogP contribution in [0.4, 0.5) is 4.39 Å². The number of aliphatic hydroxyl groups excluding tert-OH is 2. The third-order valence-electron chi connectivity index (χ3n) is 9.82. The predicted molar refractivity (Wildman–Crippen MR) is 222 cm³/mol. The van der Waals surface area contributed by atoms with Crippen molar-refractivity contribution in [3.63, 3.8) is 0 Å². The van der Waals surface area contributed by atoms with Gasteiger partial charge in [-0.25, -0.2) is 14.0 Å². The number of nitrogens with zero attached hydrogens (tertiary/aromatic N) is 5. The molecule has 2 aliphatic rings. The zero-order chi connectivity index (χ0) is 46.8. The Morgan fingerprint density at radius 2 is 1.23 bits per heavy atom. The van der Waals surface area contributed by atoms with Gasteiger partial charge in [0.1, 0.15) is 30.8 Å². The van der Waals surface area contributed by atoms with Gasteiger partial charge in [-0.1, -0.05) is 76.2 Å². The van der Waals surface area contributed by atoms with Crippen molar-refractivity contribution in [1.82, 2.24) is 19.1 Å². The van der Waals surface area contributed by atoms with Gasteiger partial charge in [0.15, 0.2) is 0 Å². The number of H-pyrrole nitrogens is 2. The van der Waals surface area contributed by atoms with E-state index < -0.39 is 89.9 Å². The molecule has 0 aliphatic carbocycles. The summed E-state index contributed by atoms with van der Waals surface area (Å²) in [6, 6.07) is -1.60. The number of hydrogen-bond acceptors (Lipinski definition) is 13. The van der Waals surface area contributed by atoms with Crippen molar-refractivity contribution in [1.29, 1.82) is 0 Å². The van der Waals surface area contributed by atoms with Gasteiger partial charge < -0.3 is 40.7 Å². The second-order valence-electron chi connectivity index (χ2n) is 14.9. The number of aromatic nitrogens is 4. The summed E-state index contributed by atoms with van der Waals surface area (Å²) in [5.74, 6) is -2.85. The number of azide groups is 1. The van der Waals surface area contributed by atoms with E-state index in [1.54, 1.807) is 13.8 Å². The molecule has 4 heterocycles. The second kappa shape index (κ2) is 30.0. The SMILES string of the molecule is CCCCCCCCCCCCCC(=O)O.Cc1cn([C@H]2C[C@H](F)[C@@H](CO)O2)c(=O)[nH]c1=O.Cc1cn([C@H]2C[C@H](N=[N+]=[N-])[C@@H](CO)O2)c(=O)[nH]c1=O.NC(CCC(=O)O)C(=O)O. The molecule has 23 heteroatoms. The highest BCUT2D eigenvalue weighted by Crippen LogP contribution is 2.30. The van der Waals surface area contributed by atoms with Crippen molar-refractivity contribution >= 4 is 17.9 Å². The lowest BCUT2D eigenvalue weighted by molar-refractivity contribution is -0.140. The average Bonchev–Trinajstić information content (AvgIpc) is 3.81. The summed E-state index contributed by atoms with van der Waals surface area (Å²) in [5.41, 5.74) is 12.0. The number of halogens is 1. The van der Waals surface area contributed by atoms with Gasteiger partial charge in [0.25, 0.3) is 11.1 Å². The van der Waals surface area contributed by atoms with Gasteiger partial charge >= 0.3 is 29.3 Å². The molecule has 22 nitrogen and oxygen atoms in total. The molecule has 2 fully saturated rings. The summed E-state index contributed by atoms with van der Waals surface area (Å²) in [7, 11) is 0. The summed E-state index contributed by atoms with van der Waals surface area (Å²) in [5, 5.41) is 46.3. The smallest absolute Gasteiger partial charge is 0.330 e. The van der Waals surface area contributed by atoms with Crippen LogP contribution in [0.25, 0.3) is 10.4 Å². The van der Waals surface area contributed by atoms with Gasteiger partial charge in [0, 0.05) is 54.1 Å². The van der Waals surface area contributed by atoms with E-state index in [0.29, 0.717) is 17.5 Å². The maximum atomic E-state index is 13.4. The van der Waals surface area contributed by atoms with E-state index in [1.807, 2.05) is 0 Å². The molecular formula is C39H63FN8O14. The van der Waals surface area contributed by atoms with Crippen LogP contribution in [-0.2, 0) is 23.9 Å². The van der Waals surface area contributed by atoms with Crippen LogP contribution in [0.2, 0.25) is 0 Å². The van der Waals surface area contributed by atoms with Crippen LogP contribution in [0.1, 0.15) is 133 Å². The molecule has 0 radical (unpaired) electrons. The number of nitrogens with two attached hydrogens (primary N) is 1. The molecule has 0 amide bonds. The fourth-order valence-electron chi connectivity index (χ4n) is 6.20. The van der Waals surface area contributed by atoms with E-state index in [-0.39, 0.29) is 32.3 Å². The molecule has 2 saturated heterocycles. The van der Waals surface area contributed by atoms with Crippen molar-refractivity contribution in [3.8, 4) is 0 Å². The van der Waals surface area contributed by atoms with Gasteiger partial charge in [-0.2, -0.15) is 0 Å². The lowest BCUT2D eigenvalue weighted by atomic mass is 10.1. The summed E-state index contributed by atoms with van der Waals surface area (Å²) < 4.78 is 26.4. The number of unbranched alkanes of at least 4 members (excludes halogenated alkanes) is 10.